The van der Waals surface area contributed by atoms with Gasteiger partial charge in [-0.05, 0) is 51.8 Å². The number of rotatable bonds is 2. The molecule has 0 saturated heterocycles. The van der Waals surface area contributed by atoms with E-state index in [9.17, 15) is 4.79 Å². The summed E-state index contributed by atoms with van der Waals surface area (Å²) >= 11 is 3.24. The third kappa shape index (κ3) is 2.61. The van der Waals surface area contributed by atoms with Crippen LogP contribution in [0.25, 0.3) is 0 Å². The number of carbonyl (C=O) groups is 1. The van der Waals surface area contributed by atoms with Crippen molar-refractivity contribution in [1.29, 1.82) is 0 Å². The maximum Gasteiger partial charge on any atom is 0.257 e. The van der Waals surface area contributed by atoms with E-state index >= 15 is 0 Å². The molecule has 0 saturated carbocycles. The Morgan fingerprint density at radius 2 is 2.21 bits per heavy atom. The van der Waals surface area contributed by atoms with E-state index in [0.29, 0.717) is 16.8 Å². The van der Waals surface area contributed by atoms with Crippen LogP contribution in [0.4, 0.5) is 5.69 Å². The number of benzene rings is 1. The molecule has 0 atom stereocenters. The molecule has 1 aliphatic rings. The number of aromatic nitrogens is 1. The maximum atomic E-state index is 12.0. The van der Waals surface area contributed by atoms with Gasteiger partial charge in [0.1, 0.15) is 10.4 Å². The fourth-order valence-electron chi connectivity index (χ4n) is 1.98. The number of hydrogen-bond donors (Lipinski definition) is 1. The maximum absolute atomic E-state index is 12.0. The van der Waals surface area contributed by atoms with Crippen LogP contribution in [-0.2, 0) is 6.42 Å². The third-order valence-electron chi connectivity index (χ3n) is 2.94. The molecule has 0 spiro atoms. The second-order valence-corrected chi connectivity index (χ2v) is 5.06. The summed E-state index contributed by atoms with van der Waals surface area (Å²) in [6.45, 7) is 0.712. The van der Waals surface area contributed by atoms with Crippen LogP contribution in [0.1, 0.15) is 15.9 Å². The number of carbonyl (C=O) groups excluding carboxylic acids is 1. The van der Waals surface area contributed by atoms with Gasteiger partial charge in [-0.15, -0.1) is 0 Å². The van der Waals surface area contributed by atoms with E-state index in [1.807, 2.05) is 18.2 Å². The molecule has 2 heterocycles. The Kier molecular flexibility index (Phi) is 3.21. The Morgan fingerprint density at radius 1 is 1.32 bits per heavy atom. The Morgan fingerprint density at radius 3 is 3.00 bits per heavy atom. The van der Waals surface area contributed by atoms with Crippen molar-refractivity contribution in [2.24, 2.45) is 0 Å². The van der Waals surface area contributed by atoms with Gasteiger partial charge in [0.15, 0.2) is 0 Å². The van der Waals surface area contributed by atoms with Crippen LogP contribution in [0.2, 0.25) is 0 Å². The number of amides is 1. The van der Waals surface area contributed by atoms with Gasteiger partial charge in [-0.3, -0.25) is 4.79 Å². The number of fused-ring (bicyclic) bond motifs is 1. The van der Waals surface area contributed by atoms with Crippen LogP contribution >= 0.6 is 15.9 Å². The highest BCUT2D eigenvalue weighted by molar-refractivity contribution is 9.10. The van der Waals surface area contributed by atoms with Crippen LogP contribution in [0, 0.1) is 0 Å². The molecular weight excluding hydrogens is 308 g/mol. The van der Waals surface area contributed by atoms with Crippen LogP contribution in [0.15, 0.2) is 41.1 Å². The normalized spacial score (nSPS) is 12.7. The van der Waals surface area contributed by atoms with E-state index in [0.717, 1.165) is 23.4 Å². The van der Waals surface area contributed by atoms with Crippen molar-refractivity contribution < 1.29 is 9.53 Å². The zero-order valence-corrected chi connectivity index (χ0v) is 11.6. The van der Waals surface area contributed by atoms with Crippen LogP contribution in [0.3, 0.4) is 0 Å². The summed E-state index contributed by atoms with van der Waals surface area (Å²) in [5.74, 6) is 0.738. The van der Waals surface area contributed by atoms with Crippen molar-refractivity contribution in [3.05, 3.63) is 52.3 Å². The number of nitrogens with one attached hydrogen (secondary N) is 1. The molecule has 3 rings (SSSR count). The highest BCUT2D eigenvalue weighted by atomic mass is 79.9. The first kappa shape index (κ1) is 12.2. The molecule has 0 aliphatic carbocycles. The van der Waals surface area contributed by atoms with E-state index in [-0.39, 0.29) is 5.91 Å². The molecule has 0 bridgehead atoms. The van der Waals surface area contributed by atoms with Crippen molar-refractivity contribution in [3.63, 3.8) is 0 Å². The Labute approximate surface area is 118 Å². The molecule has 4 nitrogen and oxygen atoms in total. The first-order valence-corrected chi connectivity index (χ1v) is 6.70. The summed E-state index contributed by atoms with van der Waals surface area (Å²) in [4.78, 5) is 16.1. The van der Waals surface area contributed by atoms with E-state index in [2.05, 4.69) is 26.2 Å². The SMILES string of the molecule is O=C(Nc1ccc2c(c1)CCO2)c1ccc(Br)nc1. The predicted octanol–water partition coefficient (Wildman–Crippen LogP) is 3.03. The molecule has 19 heavy (non-hydrogen) atoms. The summed E-state index contributed by atoms with van der Waals surface area (Å²) in [5, 5.41) is 2.86. The molecule has 1 aliphatic heterocycles. The fraction of sp³-hybridized carbons (Fsp3) is 0.143. The molecule has 1 amide bonds. The number of hydrogen-bond acceptors (Lipinski definition) is 3. The Hall–Kier alpha value is -1.88. The minimum atomic E-state index is -0.168. The summed E-state index contributed by atoms with van der Waals surface area (Å²) in [6, 6.07) is 9.15. The van der Waals surface area contributed by atoms with Crippen LogP contribution < -0.4 is 10.1 Å². The largest absolute Gasteiger partial charge is 0.493 e. The lowest BCUT2D eigenvalue weighted by molar-refractivity contribution is 0.102. The minimum absolute atomic E-state index is 0.168. The molecule has 1 aromatic carbocycles. The van der Waals surface area contributed by atoms with Gasteiger partial charge < -0.3 is 10.1 Å². The fourth-order valence-corrected chi connectivity index (χ4v) is 2.21. The lowest BCUT2D eigenvalue weighted by atomic mass is 10.1. The molecule has 0 unspecified atom stereocenters. The Bertz CT molecular complexity index is 626. The molecule has 1 N–H and O–H groups in total. The number of anilines is 1. The second-order valence-electron chi connectivity index (χ2n) is 4.24. The second kappa shape index (κ2) is 5.01. The van der Waals surface area contributed by atoms with Gasteiger partial charge in [0.25, 0.3) is 5.91 Å². The predicted molar refractivity (Wildman–Crippen MR) is 75.5 cm³/mol. The molecule has 2 aromatic rings. The van der Waals surface area contributed by atoms with Crippen LogP contribution in [0.5, 0.6) is 5.75 Å². The average molecular weight is 319 g/mol. The summed E-state index contributed by atoms with van der Waals surface area (Å²) in [6.07, 6.45) is 2.43. The van der Waals surface area contributed by atoms with E-state index in [1.54, 1.807) is 12.1 Å². The molecule has 5 heteroatoms. The number of halogens is 1. The lowest BCUT2D eigenvalue weighted by Crippen LogP contribution is -2.12. The highest BCUT2D eigenvalue weighted by Gasteiger charge is 2.13. The third-order valence-corrected chi connectivity index (χ3v) is 3.41. The van der Waals surface area contributed by atoms with Gasteiger partial charge in [0.2, 0.25) is 0 Å². The van der Waals surface area contributed by atoms with Gasteiger partial charge in [-0.2, -0.15) is 0 Å². The highest BCUT2D eigenvalue weighted by Crippen LogP contribution is 2.28. The average Bonchev–Trinajstić information content (AvgIpc) is 2.87. The molecular formula is C14H11BrN2O2. The van der Waals surface area contributed by atoms with Crippen LogP contribution in [-0.4, -0.2) is 17.5 Å². The topological polar surface area (TPSA) is 51.2 Å². The molecule has 0 fully saturated rings. The number of nitrogens with zero attached hydrogens (tertiary/aromatic N) is 1. The van der Waals surface area contributed by atoms with Crippen molar-refractivity contribution in [3.8, 4) is 5.75 Å². The van der Waals surface area contributed by atoms with Gasteiger partial charge >= 0.3 is 0 Å². The number of ether oxygens (including phenoxy) is 1. The number of pyridine rings is 1. The van der Waals surface area contributed by atoms with Crippen molar-refractivity contribution in [1.82, 2.24) is 4.98 Å². The first-order valence-electron chi connectivity index (χ1n) is 5.91. The first-order chi connectivity index (χ1) is 9.22. The molecule has 0 radical (unpaired) electrons. The zero-order valence-electron chi connectivity index (χ0n) is 10.0. The standard InChI is InChI=1S/C14H11BrN2O2/c15-13-4-1-10(8-16-13)14(18)17-11-2-3-12-9(7-11)5-6-19-12/h1-4,7-8H,5-6H2,(H,17,18). The summed E-state index contributed by atoms with van der Waals surface area (Å²) in [7, 11) is 0. The Balaban J connectivity index is 1.77. The van der Waals surface area contributed by atoms with E-state index < -0.39 is 0 Å². The minimum Gasteiger partial charge on any atom is -0.493 e. The summed E-state index contributed by atoms with van der Waals surface area (Å²) in [5.41, 5.74) is 2.43. The zero-order chi connectivity index (χ0) is 13.2. The van der Waals surface area contributed by atoms with Crippen molar-refractivity contribution in [2.75, 3.05) is 11.9 Å². The molecule has 1 aromatic heterocycles. The lowest BCUT2D eigenvalue weighted by Gasteiger charge is -2.06. The van der Waals surface area contributed by atoms with E-state index in [4.69, 9.17) is 4.74 Å². The smallest absolute Gasteiger partial charge is 0.257 e. The van der Waals surface area contributed by atoms with Gasteiger partial charge in [-0.1, -0.05) is 0 Å². The van der Waals surface area contributed by atoms with Gasteiger partial charge in [0.05, 0.1) is 12.2 Å². The van der Waals surface area contributed by atoms with Gasteiger partial charge in [0, 0.05) is 18.3 Å². The van der Waals surface area contributed by atoms with Crippen molar-refractivity contribution >= 4 is 27.5 Å². The monoisotopic (exact) mass is 318 g/mol. The van der Waals surface area contributed by atoms with E-state index in [1.165, 1.54) is 6.20 Å². The van der Waals surface area contributed by atoms with Gasteiger partial charge in [-0.25, -0.2) is 4.98 Å². The van der Waals surface area contributed by atoms with Crippen molar-refractivity contribution in [2.45, 2.75) is 6.42 Å². The summed E-state index contributed by atoms with van der Waals surface area (Å²) < 4.78 is 6.14. The molecule has 96 valence electrons. The quantitative estimate of drug-likeness (QED) is 0.866.